The Morgan fingerprint density at radius 2 is 2.55 bits per heavy atom. The first-order valence-electron chi connectivity index (χ1n) is 3.26. The molecule has 1 heterocycles. The molecule has 0 aliphatic carbocycles. The maximum absolute atomic E-state index is 8.64. The van der Waals surface area contributed by atoms with Crippen LogP contribution >= 0.6 is 0 Å². The highest BCUT2D eigenvalue weighted by Crippen LogP contribution is 2.19. The van der Waals surface area contributed by atoms with Crippen molar-refractivity contribution in [2.45, 2.75) is 6.04 Å². The van der Waals surface area contributed by atoms with E-state index < -0.39 is 6.04 Å². The minimum absolute atomic E-state index is 0.128. The standard InChI is InChI=1S/C7H11NO3/c1-10-5-2-7(11-4-5)6(8)3-9/h2,4,6,9H,3,8H2,1H3/t6-/m0/s1. The van der Waals surface area contributed by atoms with E-state index in [2.05, 4.69) is 0 Å². The van der Waals surface area contributed by atoms with Gasteiger partial charge in [-0.1, -0.05) is 0 Å². The first kappa shape index (κ1) is 8.10. The number of rotatable bonds is 3. The Kier molecular flexibility index (Phi) is 2.51. The third-order valence-electron chi connectivity index (χ3n) is 1.39. The molecule has 0 aliphatic heterocycles. The molecule has 11 heavy (non-hydrogen) atoms. The van der Waals surface area contributed by atoms with Gasteiger partial charge in [-0.2, -0.15) is 0 Å². The van der Waals surface area contributed by atoms with Crippen LogP contribution in [0.5, 0.6) is 5.75 Å². The Balaban J connectivity index is 2.71. The largest absolute Gasteiger partial charge is 0.493 e. The lowest BCUT2D eigenvalue weighted by atomic mass is 10.2. The molecule has 0 saturated heterocycles. The van der Waals surface area contributed by atoms with Gasteiger partial charge in [0, 0.05) is 6.07 Å². The van der Waals surface area contributed by atoms with Crippen LogP contribution in [0, 0.1) is 0 Å². The molecule has 0 fully saturated rings. The van der Waals surface area contributed by atoms with E-state index in [0.717, 1.165) is 0 Å². The van der Waals surface area contributed by atoms with Crippen molar-refractivity contribution in [2.24, 2.45) is 5.73 Å². The third kappa shape index (κ3) is 1.72. The molecule has 0 unspecified atom stereocenters. The van der Waals surface area contributed by atoms with Crippen molar-refractivity contribution < 1.29 is 14.3 Å². The summed E-state index contributed by atoms with van der Waals surface area (Å²) in [7, 11) is 1.54. The van der Waals surface area contributed by atoms with Gasteiger partial charge in [-0.15, -0.1) is 0 Å². The number of aliphatic hydroxyl groups is 1. The van der Waals surface area contributed by atoms with Gasteiger partial charge in [0.15, 0.2) is 5.75 Å². The summed E-state index contributed by atoms with van der Waals surface area (Å²) in [4.78, 5) is 0. The second kappa shape index (κ2) is 3.41. The van der Waals surface area contributed by atoms with Crippen LogP contribution in [0.2, 0.25) is 0 Å². The van der Waals surface area contributed by atoms with E-state index in [-0.39, 0.29) is 6.61 Å². The van der Waals surface area contributed by atoms with Crippen LogP contribution in [-0.2, 0) is 0 Å². The van der Waals surface area contributed by atoms with E-state index in [1.807, 2.05) is 0 Å². The summed E-state index contributed by atoms with van der Waals surface area (Å²) in [5.74, 6) is 1.15. The number of hydrogen-bond acceptors (Lipinski definition) is 4. The van der Waals surface area contributed by atoms with Crippen molar-refractivity contribution in [3.63, 3.8) is 0 Å². The fourth-order valence-corrected chi connectivity index (χ4v) is 0.726. The molecular formula is C7H11NO3. The zero-order valence-electron chi connectivity index (χ0n) is 6.28. The Morgan fingerprint density at radius 1 is 1.82 bits per heavy atom. The molecule has 1 atom stereocenters. The lowest BCUT2D eigenvalue weighted by molar-refractivity contribution is 0.251. The van der Waals surface area contributed by atoms with Crippen LogP contribution in [-0.4, -0.2) is 18.8 Å². The highest BCUT2D eigenvalue weighted by molar-refractivity contribution is 5.21. The molecule has 1 aromatic heterocycles. The summed E-state index contributed by atoms with van der Waals surface area (Å²) in [5, 5.41) is 8.64. The second-order valence-electron chi connectivity index (χ2n) is 2.18. The fraction of sp³-hybridized carbons (Fsp3) is 0.429. The van der Waals surface area contributed by atoms with E-state index >= 15 is 0 Å². The van der Waals surface area contributed by atoms with Crippen LogP contribution < -0.4 is 10.5 Å². The monoisotopic (exact) mass is 157 g/mol. The maximum Gasteiger partial charge on any atom is 0.157 e. The molecule has 0 amide bonds. The summed E-state index contributed by atoms with van der Waals surface area (Å²) in [6, 6.07) is 1.19. The maximum atomic E-state index is 8.64. The van der Waals surface area contributed by atoms with Gasteiger partial charge in [0.2, 0.25) is 0 Å². The number of furan rings is 1. The Morgan fingerprint density at radius 3 is 3.00 bits per heavy atom. The van der Waals surface area contributed by atoms with E-state index in [1.165, 1.54) is 6.26 Å². The summed E-state index contributed by atoms with van der Waals surface area (Å²) in [6.45, 7) is -0.128. The molecule has 4 heteroatoms. The molecule has 0 bridgehead atoms. The van der Waals surface area contributed by atoms with Crippen LogP contribution in [0.1, 0.15) is 11.8 Å². The smallest absolute Gasteiger partial charge is 0.157 e. The number of aliphatic hydroxyl groups excluding tert-OH is 1. The van der Waals surface area contributed by atoms with Crippen molar-refractivity contribution in [3.8, 4) is 5.75 Å². The number of hydrogen-bond donors (Lipinski definition) is 2. The molecule has 0 spiro atoms. The van der Waals surface area contributed by atoms with Gasteiger partial charge in [0.05, 0.1) is 19.8 Å². The van der Waals surface area contributed by atoms with E-state index in [4.69, 9.17) is 20.0 Å². The highest BCUT2D eigenvalue weighted by atomic mass is 16.5. The summed E-state index contributed by atoms with van der Waals surface area (Å²) in [5.41, 5.74) is 5.46. The predicted molar refractivity (Wildman–Crippen MR) is 39.3 cm³/mol. The highest BCUT2D eigenvalue weighted by Gasteiger charge is 2.09. The van der Waals surface area contributed by atoms with Gasteiger partial charge in [-0.3, -0.25) is 0 Å². The first-order chi connectivity index (χ1) is 5.27. The molecule has 1 rings (SSSR count). The number of nitrogens with two attached hydrogens (primary N) is 1. The zero-order chi connectivity index (χ0) is 8.27. The van der Waals surface area contributed by atoms with Crippen molar-refractivity contribution in [1.29, 1.82) is 0 Å². The molecule has 0 saturated carbocycles. The van der Waals surface area contributed by atoms with Crippen molar-refractivity contribution >= 4 is 0 Å². The predicted octanol–water partition coefficient (Wildman–Crippen LogP) is 0.280. The first-order valence-corrected chi connectivity index (χ1v) is 3.26. The van der Waals surface area contributed by atoms with Gasteiger partial charge in [-0.25, -0.2) is 0 Å². The Labute approximate surface area is 64.6 Å². The minimum Gasteiger partial charge on any atom is -0.493 e. The van der Waals surface area contributed by atoms with Crippen LogP contribution in [0.3, 0.4) is 0 Å². The quantitative estimate of drug-likeness (QED) is 0.661. The van der Waals surface area contributed by atoms with Crippen LogP contribution in [0.15, 0.2) is 16.7 Å². The molecule has 0 aliphatic rings. The summed E-state index contributed by atoms with van der Waals surface area (Å²) in [6.07, 6.45) is 1.45. The molecule has 0 radical (unpaired) electrons. The number of ether oxygens (including phenoxy) is 1. The van der Waals surface area contributed by atoms with E-state index in [9.17, 15) is 0 Å². The summed E-state index contributed by atoms with van der Waals surface area (Å²) >= 11 is 0. The molecular weight excluding hydrogens is 146 g/mol. The lowest BCUT2D eigenvalue weighted by Crippen LogP contribution is -2.13. The van der Waals surface area contributed by atoms with Gasteiger partial charge in [0.1, 0.15) is 12.0 Å². The molecule has 0 aromatic carbocycles. The van der Waals surface area contributed by atoms with Crippen molar-refractivity contribution in [3.05, 3.63) is 18.1 Å². The van der Waals surface area contributed by atoms with E-state index in [0.29, 0.717) is 11.5 Å². The lowest BCUT2D eigenvalue weighted by Gasteiger charge is -2.01. The normalized spacial score (nSPS) is 13.0. The topological polar surface area (TPSA) is 68.6 Å². The Bertz CT molecular complexity index is 221. The minimum atomic E-state index is -0.459. The second-order valence-corrected chi connectivity index (χ2v) is 2.18. The van der Waals surface area contributed by atoms with Crippen LogP contribution in [0.4, 0.5) is 0 Å². The molecule has 3 N–H and O–H groups in total. The number of methoxy groups -OCH3 is 1. The van der Waals surface area contributed by atoms with Gasteiger partial charge in [0.25, 0.3) is 0 Å². The van der Waals surface area contributed by atoms with E-state index in [1.54, 1.807) is 13.2 Å². The SMILES string of the molecule is COc1coc([C@@H](N)CO)c1. The third-order valence-corrected chi connectivity index (χ3v) is 1.39. The molecule has 62 valence electrons. The summed E-state index contributed by atoms with van der Waals surface area (Å²) < 4.78 is 9.86. The van der Waals surface area contributed by atoms with Gasteiger partial charge >= 0.3 is 0 Å². The van der Waals surface area contributed by atoms with Crippen LogP contribution in [0.25, 0.3) is 0 Å². The zero-order valence-corrected chi connectivity index (χ0v) is 6.28. The van der Waals surface area contributed by atoms with Crippen molar-refractivity contribution in [1.82, 2.24) is 0 Å². The fourth-order valence-electron chi connectivity index (χ4n) is 0.726. The molecule has 1 aromatic rings. The average Bonchev–Trinajstić information content (AvgIpc) is 2.50. The molecule has 4 nitrogen and oxygen atoms in total. The van der Waals surface area contributed by atoms with Crippen molar-refractivity contribution in [2.75, 3.05) is 13.7 Å². The van der Waals surface area contributed by atoms with Gasteiger partial charge < -0.3 is 20.0 Å². The van der Waals surface area contributed by atoms with Gasteiger partial charge in [-0.05, 0) is 0 Å². The average molecular weight is 157 g/mol. The Hall–Kier alpha value is -1.00.